The summed E-state index contributed by atoms with van der Waals surface area (Å²) in [6, 6.07) is -0.948. The summed E-state index contributed by atoms with van der Waals surface area (Å²) in [6.07, 6.45) is -10.9. The molecule has 25 heavy (non-hydrogen) atoms. The molecular weight excluding hydrogens is 342 g/mol. The molecule has 2 rings (SSSR count). The summed E-state index contributed by atoms with van der Waals surface area (Å²) in [5, 5.41) is 62.2. The Bertz CT molecular complexity index is 397. The number of hydrogen-bond acceptors (Lipinski definition) is 11. The van der Waals surface area contributed by atoms with Gasteiger partial charge in [0.1, 0.15) is 42.7 Å². The van der Waals surface area contributed by atoms with Crippen LogP contribution in [-0.4, -0.2) is 119 Å². The van der Waals surface area contributed by atoms with E-state index in [1.165, 1.54) is 14.2 Å². The lowest BCUT2D eigenvalue weighted by Gasteiger charge is -2.44. The van der Waals surface area contributed by atoms with Gasteiger partial charge in [-0.15, -0.1) is 0 Å². The van der Waals surface area contributed by atoms with Crippen molar-refractivity contribution in [1.82, 2.24) is 5.32 Å². The predicted octanol–water partition coefficient (Wildman–Crippen LogP) is -4.52. The molecule has 10 atom stereocenters. The first-order valence-corrected chi connectivity index (χ1v) is 7.96. The predicted molar refractivity (Wildman–Crippen MR) is 80.3 cm³/mol. The van der Waals surface area contributed by atoms with E-state index < -0.39 is 68.0 Å². The van der Waals surface area contributed by atoms with Crippen LogP contribution in [0.25, 0.3) is 0 Å². The molecule has 2 aliphatic heterocycles. The van der Waals surface area contributed by atoms with Crippen molar-refractivity contribution < 1.29 is 49.6 Å². The van der Waals surface area contributed by atoms with Crippen LogP contribution in [0.15, 0.2) is 0 Å². The van der Waals surface area contributed by atoms with Gasteiger partial charge in [-0.05, 0) is 0 Å². The van der Waals surface area contributed by atoms with Crippen molar-refractivity contribution >= 4 is 0 Å². The second-order valence-electron chi connectivity index (χ2n) is 6.13. The molecule has 0 bridgehead atoms. The fourth-order valence-electron chi connectivity index (χ4n) is 3.06. The van der Waals surface area contributed by atoms with E-state index in [0.29, 0.717) is 0 Å². The zero-order valence-electron chi connectivity index (χ0n) is 14.0. The minimum atomic E-state index is -1.48. The Balaban J connectivity index is 2.02. The molecule has 2 aliphatic rings. The molecule has 0 aromatic rings. The van der Waals surface area contributed by atoms with E-state index in [0.717, 1.165) is 0 Å². The Morgan fingerprint density at radius 2 is 1.32 bits per heavy atom. The molecule has 0 spiro atoms. The van der Waals surface area contributed by atoms with Gasteiger partial charge in [0.25, 0.3) is 0 Å². The zero-order valence-corrected chi connectivity index (χ0v) is 14.0. The molecule has 11 heteroatoms. The number of rotatable bonds is 6. The van der Waals surface area contributed by atoms with Crippen molar-refractivity contribution in [2.24, 2.45) is 0 Å². The third kappa shape index (κ3) is 4.28. The van der Waals surface area contributed by atoms with Crippen molar-refractivity contribution in [2.75, 3.05) is 27.4 Å². The fraction of sp³-hybridized carbons (Fsp3) is 1.00. The maximum Gasteiger partial charge on any atom is 0.186 e. The van der Waals surface area contributed by atoms with Crippen LogP contribution < -0.4 is 5.32 Å². The van der Waals surface area contributed by atoms with Gasteiger partial charge in [-0.25, -0.2) is 0 Å². The highest BCUT2D eigenvalue weighted by Crippen LogP contribution is 2.24. The highest BCUT2D eigenvalue weighted by Gasteiger charge is 2.47. The molecular formula is C14H27NO10. The molecule has 2 saturated heterocycles. The summed E-state index contributed by atoms with van der Waals surface area (Å²) in [5.74, 6) is 0. The fourth-order valence-corrected chi connectivity index (χ4v) is 3.06. The number of ether oxygens (including phenoxy) is 4. The van der Waals surface area contributed by atoms with Crippen molar-refractivity contribution in [2.45, 2.75) is 61.3 Å². The van der Waals surface area contributed by atoms with E-state index in [-0.39, 0.29) is 6.54 Å². The Hall–Kier alpha value is -0.440. The lowest BCUT2D eigenvalue weighted by molar-refractivity contribution is -0.292. The summed E-state index contributed by atoms with van der Waals surface area (Å²) in [5.41, 5.74) is 0. The molecule has 2 fully saturated rings. The molecule has 0 unspecified atom stereocenters. The normalized spacial score (nSPS) is 48.5. The van der Waals surface area contributed by atoms with Gasteiger partial charge in [-0.3, -0.25) is 0 Å². The van der Waals surface area contributed by atoms with E-state index in [1.807, 2.05) is 0 Å². The van der Waals surface area contributed by atoms with E-state index in [2.05, 4.69) is 5.32 Å². The van der Waals surface area contributed by atoms with Crippen molar-refractivity contribution in [3.8, 4) is 0 Å². The molecule has 11 nitrogen and oxygen atoms in total. The zero-order chi connectivity index (χ0) is 18.7. The molecule has 7 N–H and O–H groups in total. The topological polar surface area (TPSA) is 170 Å². The highest BCUT2D eigenvalue weighted by molar-refractivity contribution is 4.96. The van der Waals surface area contributed by atoms with Crippen LogP contribution in [0.5, 0.6) is 0 Å². The average molecular weight is 369 g/mol. The summed E-state index contributed by atoms with van der Waals surface area (Å²) < 4.78 is 20.5. The van der Waals surface area contributed by atoms with Gasteiger partial charge >= 0.3 is 0 Å². The molecule has 2 heterocycles. The van der Waals surface area contributed by atoms with Crippen LogP contribution in [0.3, 0.4) is 0 Å². The Kier molecular flexibility index (Phi) is 7.49. The van der Waals surface area contributed by atoms with Crippen molar-refractivity contribution in [3.05, 3.63) is 0 Å². The Labute approximate surface area is 144 Å². The first-order chi connectivity index (χ1) is 11.8. The second-order valence-corrected chi connectivity index (χ2v) is 6.13. The minimum Gasteiger partial charge on any atom is -0.394 e. The van der Waals surface area contributed by atoms with E-state index in [4.69, 9.17) is 18.9 Å². The van der Waals surface area contributed by atoms with Gasteiger partial charge in [0.2, 0.25) is 0 Å². The molecule has 0 saturated carbocycles. The third-order valence-corrected chi connectivity index (χ3v) is 4.57. The van der Waals surface area contributed by atoms with Gasteiger partial charge < -0.3 is 54.9 Å². The van der Waals surface area contributed by atoms with Crippen LogP contribution in [-0.2, 0) is 18.9 Å². The van der Waals surface area contributed by atoms with Crippen LogP contribution in [0.2, 0.25) is 0 Å². The number of aliphatic hydroxyl groups is 6. The van der Waals surface area contributed by atoms with Gasteiger partial charge in [-0.2, -0.15) is 0 Å². The first-order valence-electron chi connectivity index (χ1n) is 7.96. The smallest absolute Gasteiger partial charge is 0.186 e. The molecule has 0 aliphatic carbocycles. The molecule has 0 aromatic heterocycles. The third-order valence-electron chi connectivity index (χ3n) is 4.57. The quantitative estimate of drug-likeness (QED) is 0.241. The maximum absolute atomic E-state index is 10.2. The van der Waals surface area contributed by atoms with E-state index >= 15 is 0 Å². The first kappa shape index (κ1) is 20.9. The van der Waals surface area contributed by atoms with Gasteiger partial charge in [0.05, 0.1) is 12.6 Å². The summed E-state index contributed by atoms with van der Waals surface area (Å²) in [6.45, 7) is -0.566. The van der Waals surface area contributed by atoms with Crippen molar-refractivity contribution in [1.29, 1.82) is 0 Å². The van der Waals surface area contributed by atoms with Crippen LogP contribution in [0, 0.1) is 0 Å². The molecule has 148 valence electrons. The molecule has 0 radical (unpaired) electrons. The van der Waals surface area contributed by atoms with Gasteiger partial charge in [-0.1, -0.05) is 0 Å². The lowest BCUT2D eigenvalue weighted by Crippen LogP contribution is -2.66. The van der Waals surface area contributed by atoms with Gasteiger partial charge in [0, 0.05) is 20.8 Å². The molecule has 0 amide bonds. The minimum absolute atomic E-state index is 0.0851. The highest BCUT2D eigenvalue weighted by atomic mass is 16.7. The van der Waals surface area contributed by atoms with Crippen LogP contribution in [0.4, 0.5) is 0 Å². The van der Waals surface area contributed by atoms with E-state index in [1.54, 1.807) is 0 Å². The lowest BCUT2D eigenvalue weighted by atomic mass is 9.94. The number of aliphatic hydroxyl groups excluding tert-OH is 6. The average Bonchev–Trinajstić information content (AvgIpc) is 2.61. The summed E-state index contributed by atoms with van der Waals surface area (Å²) in [7, 11) is 2.59. The van der Waals surface area contributed by atoms with E-state index in [9.17, 15) is 30.6 Å². The SMILES string of the molecule is CO[C@H]1O[C@H](CO)[C@@H](O)[C@@H](NC[C@H]2O[C@H](OC)[C@H](O)[C@@H](O)[C@@H]2O)[C@@H]1O. The van der Waals surface area contributed by atoms with Crippen LogP contribution >= 0.6 is 0 Å². The summed E-state index contributed by atoms with van der Waals surface area (Å²) >= 11 is 0. The standard InChI is InChI=1S/C14H27NO10/c1-22-13-10(19)7(8(17)6(4-16)25-13)15-3-5-9(18)11(20)12(21)14(23-2)24-5/h5-21H,3-4H2,1-2H3/t5-,6-,7-,8-,9-,10+,11+,12-,13+,14+/m1/s1. The van der Waals surface area contributed by atoms with Gasteiger partial charge in [0.15, 0.2) is 12.6 Å². The number of methoxy groups -OCH3 is 2. The molecule has 0 aromatic carbocycles. The second kappa shape index (κ2) is 8.97. The summed E-state index contributed by atoms with van der Waals surface area (Å²) in [4.78, 5) is 0. The largest absolute Gasteiger partial charge is 0.394 e. The monoisotopic (exact) mass is 369 g/mol. The number of hydrogen-bond donors (Lipinski definition) is 7. The Morgan fingerprint density at radius 1 is 0.760 bits per heavy atom. The number of nitrogens with one attached hydrogen (secondary N) is 1. The Morgan fingerprint density at radius 3 is 1.88 bits per heavy atom. The van der Waals surface area contributed by atoms with Crippen LogP contribution in [0.1, 0.15) is 0 Å². The van der Waals surface area contributed by atoms with Crippen molar-refractivity contribution in [3.63, 3.8) is 0 Å². The maximum atomic E-state index is 10.2.